The second kappa shape index (κ2) is 4.87. The van der Waals surface area contributed by atoms with Gasteiger partial charge in [-0.2, -0.15) is 0 Å². The second-order valence-corrected chi connectivity index (χ2v) is 4.52. The van der Waals surface area contributed by atoms with Crippen molar-refractivity contribution in [2.24, 2.45) is 5.92 Å². The first-order valence-electron chi connectivity index (χ1n) is 5.65. The number of halogens is 2. The number of rotatable bonds is 4. The summed E-state index contributed by atoms with van der Waals surface area (Å²) in [6, 6.07) is 4.47. The Labute approximate surface area is 98.6 Å². The molecule has 1 aromatic carbocycles. The van der Waals surface area contributed by atoms with Crippen LogP contribution in [-0.2, 0) is 0 Å². The summed E-state index contributed by atoms with van der Waals surface area (Å²) in [6.45, 7) is 0.612. The zero-order chi connectivity index (χ0) is 12.4. The molecule has 0 aliphatic heterocycles. The van der Waals surface area contributed by atoms with E-state index >= 15 is 0 Å². The molecule has 4 N–H and O–H groups in total. The molecule has 0 aromatic heterocycles. The van der Waals surface area contributed by atoms with Gasteiger partial charge in [-0.25, -0.2) is 8.78 Å². The Kier molecular flexibility index (Phi) is 3.47. The van der Waals surface area contributed by atoms with E-state index in [1.54, 1.807) is 12.1 Å². The summed E-state index contributed by atoms with van der Waals surface area (Å²) in [5, 5.41) is 12.1. The predicted octanol–water partition coefficient (Wildman–Crippen LogP) is 2.39. The number of nitrogens with one attached hydrogen (secondary N) is 1. The first-order chi connectivity index (χ1) is 8.06. The Balaban J connectivity index is 1.99. The molecule has 94 valence electrons. The summed E-state index contributed by atoms with van der Waals surface area (Å²) in [7, 11) is 0. The normalized spacial score (nSPS) is 23.5. The first-order valence-corrected chi connectivity index (χ1v) is 5.65. The van der Waals surface area contributed by atoms with Crippen molar-refractivity contribution in [2.75, 3.05) is 17.6 Å². The molecule has 0 amide bonds. The standard InChI is InChI=1S/C12H16F2N2O/c13-12(14)10-5-8(15)1-2-11(10)16-6-7-3-9(17)4-7/h1-2,5,7,9,12,16-17H,3-4,6,15H2. The summed E-state index contributed by atoms with van der Waals surface area (Å²) in [4.78, 5) is 0. The Morgan fingerprint density at radius 1 is 1.41 bits per heavy atom. The Bertz CT molecular complexity index is 392. The molecule has 17 heavy (non-hydrogen) atoms. The molecule has 0 unspecified atom stereocenters. The molecular weight excluding hydrogens is 226 g/mol. The van der Waals surface area contributed by atoms with Gasteiger partial charge in [0.15, 0.2) is 0 Å². The molecule has 0 heterocycles. The van der Waals surface area contributed by atoms with Gasteiger partial charge in [-0.1, -0.05) is 0 Å². The van der Waals surface area contributed by atoms with E-state index in [4.69, 9.17) is 10.8 Å². The molecule has 0 bridgehead atoms. The molecule has 1 saturated carbocycles. The molecular formula is C12H16F2N2O. The molecule has 0 atom stereocenters. The van der Waals surface area contributed by atoms with Crippen LogP contribution in [0.1, 0.15) is 24.8 Å². The van der Waals surface area contributed by atoms with Crippen molar-refractivity contribution in [1.29, 1.82) is 0 Å². The highest BCUT2D eigenvalue weighted by Crippen LogP contribution is 2.31. The van der Waals surface area contributed by atoms with Crippen LogP contribution in [-0.4, -0.2) is 17.8 Å². The van der Waals surface area contributed by atoms with E-state index in [2.05, 4.69) is 5.32 Å². The van der Waals surface area contributed by atoms with E-state index in [0.29, 0.717) is 23.8 Å². The maximum absolute atomic E-state index is 12.8. The van der Waals surface area contributed by atoms with E-state index < -0.39 is 6.43 Å². The van der Waals surface area contributed by atoms with Crippen molar-refractivity contribution < 1.29 is 13.9 Å². The fourth-order valence-electron chi connectivity index (χ4n) is 2.04. The lowest BCUT2D eigenvalue weighted by Gasteiger charge is -2.31. The molecule has 0 spiro atoms. The first kappa shape index (κ1) is 12.1. The third-order valence-electron chi connectivity index (χ3n) is 3.10. The molecule has 0 radical (unpaired) electrons. The van der Waals surface area contributed by atoms with Gasteiger partial charge in [0.1, 0.15) is 0 Å². The third-order valence-corrected chi connectivity index (χ3v) is 3.10. The minimum Gasteiger partial charge on any atom is -0.399 e. The van der Waals surface area contributed by atoms with Gasteiger partial charge in [0.05, 0.1) is 6.10 Å². The molecule has 0 saturated heterocycles. The number of alkyl halides is 2. The lowest BCUT2D eigenvalue weighted by Crippen LogP contribution is -2.33. The molecule has 1 aliphatic carbocycles. The minimum atomic E-state index is -2.53. The Hall–Kier alpha value is -1.36. The van der Waals surface area contributed by atoms with Crippen molar-refractivity contribution in [3.05, 3.63) is 23.8 Å². The molecule has 1 aromatic rings. The van der Waals surface area contributed by atoms with Crippen LogP contribution in [0.15, 0.2) is 18.2 Å². The van der Waals surface area contributed by atoms with E-state index in [0.717, 1.165) is 12.8 Å². The number of anilines is 2. The maximum Gasteiger partial charge on any atom is 0.265 e. The van der Waals surface area contributed by atoms with Crippen molar-refractivity contribution in [2.45, 2.75) is 25.4 Å². The molecule has 1 fully saturated rings. The van der Waals surface area contributed by atoms with Crippen LogP contribution >= 0.6 is 0 Å². The SMILES string of the molecule is Nc1ccc(NCC2CC(O)C2)c(C(F)F)c1. The topological polar surface area (TPSA) is 58.3 Å². The van der Waals surface area contributed by atoms with Crippen LogP contribution < -0.4 is 11.1 Å². The van der Waals surface area contributed by atoms with Gasteiger partial charge in [-0.05, 0) is 37.0 Å². The number of hydrogen-bond donors (Lipinski definition) is 3. The van der Waals surface area contributed by atoms with Crippen molar-refractivity contribution in [1.82, 2.24) is 0 Å². The van der Waals surface area contributed by atoms with Crippen LogP contribution in [0, 0.1) is 5.92 Å². The Morgan fingerprint density at radius 3 is 2.71 bits per heavy atom. The highest BCUT2D eigenvalue weighted by atomic mass is 19.3. The van der Waals surface area contributed by atoms with Crippen molar-refractivity contribution in [3.8, 4) is 0 Å². The zero-order valence-electron chi connectivity index (χ0n) is 9.37. The Morgan fingerprint density at radius 2 is 2.12 bits per heavy atom. The lowest BCUT2D eigenvalue weighted by atomic mass is 9.82. The number of hydrogen-bond acceptors (Lipinski definition) is 3. The van der Waals surface area contributed by atoms with Gasteiger partial charge in [0.2, 0.25) is 0 Å². The number of benzene rings is 1. The van der Waals surface area contributed by atoms with Crippen LogP contribution in [0.4, 0.5) is 20.2 Å². The maximum atomic E-state index is 12.8. The molecule has 1 aliphatic rings. The summed E-state index contributed by atoms with van der Waals surface area (Å²) in [5.41, 5.74) is 6.18. The lowest BCUT2D eigenvalue weighted by molar-refractivity contribution is 0.0486. The number of nitrogens with two attached hydrogens (primary N) is 1. The minimum absolute atomic E-state index is 0.0649. The van der Waals surface area contributed by atoms with E-state index in [9.17, 15) is 8.78 Å². The van der Waals surface area contributed by atoms with Gasteiger partial charge < -0.3 is 16.2 Å². The average Bonchev–Trinajstić information content (AvgIpc) is 2.24. The van der Waals surface area contributed by atoms with Crippen molar-refractivity contribution >= 4 is 11.4 Å². The number of nitrogen functional groups attached to an aromatic ring is 1. The van der Waals surface area contributed by atoms with E-state index in [1.807, 2.05) is 0 Å². The smallest absolute Gasteiger partial charge is 0.265 e. The van der Waals surface area contributed by atoms with Gasteiger partial charge >= 0.3 is 0 Å². The van der Waals surface area contributed by atoms with Crippen LogP contribution in [0.25, 0.3) is 0 Å². The van der Waals surface area contributed by atoms with Crippen LogP contribution in [0.2, 0.25) is 0 Å². The fourth-order valence-corrected chi connectivity index (χ4v) is 2.04. The quantitative estimate of drug-likeness (QED) is 0.710. The number of aliphatic hydroxyl groups is 1. The monoisotopic (exact) mass is 242 g/mol. The highest BCUT2D eigenvalue weighted by Gasteiger charge is 2.27. The van der Waals surface area contributed by atoms with Crippen LogP contribution in [0.3, 0.4) is 0 Å². The average molecular weight is 242 g/mol. The second-order valence-electron chi connectivity index (χ2n) is 4.52. The highest BCUT2D eigenvalue weighted by molar-refractivity contribution is 5.58. The number of aliphatic hydroxyl groups excluding tert-OH is 1. The zero-order valence-corrected chi connectivity index (χ0v) is 9.37. The predicted molar refractivity (Wildman–Crippen MR) is 63.0 cm³/mol. The van der Waals surface area contributed by atoms with Crippen molar-refractivity contribution in [3.63, 3.8) is 0 Å². The van der Waals surface area contributed by atoms with Gasteiger partial charge in [-0.15, -0.1) is 0 Å². The summed E-state index contributed by atoms with van der Waals surface area (Å²) >= 11 is 0. The molecule has 5 heteroatoms. The summed E-state index contributed by atoms with van der Waals surface area (Å²) < 4.78 is 25.5. The van der Waals surface area contributed by atoms with Gasteiger partial charge in [0, 0.05) is 23.5 Å². The summed E-state index contributed by atoms with van der Waals surface area (Å²) in [6.07, 6.45) is -1.27. The van der Waals surface area contributed by atoms with Gasteiger partial charge in [-0.3, -0.25) is 0 Å². The van der Waals surface area contributed by atoms with Gasteiger partial charge in [0.25, 0.3) is 6.43 Å². The van der Waals surface area contributed by atoms with E-state index in [1.165, 1.54) is 6.07 Å². The fraction of sp³-hybridized carbons (Fsp3) is 0.500. The van der Waals surface area contributed by atoms with Crippen LogP contribution in [0.5, 0.6) is 0 Å². The third kappa shape index (κ3) is 2.85. The molecule has 3 nitrogen and oxygen atoms in total. The van der Waals surface area contributed by atoms with E-state index in [-0.39, 0.29) is 11.7 Å². The summed E-state index contributed by atoms with van der Waals surface area (Å²) in [5.74, 6) is 0.369. The largest absolute Gasteiger partial charge is 0.399 e. The molecule has 2 rings (SSSR count).